The van der Waals surface area contributed by atoms with E-state index in [1.165, 1.54) is 6.07 Å². The summed E-state index contributed by atoms with van der Waals surface area (Å²) in [5, 5.41) is 3.97. The van der Waals surface area contributed by atoms with Crippen molar-refractivity contribution in [3.05, 3.63) is 76.7 Å². The standard InChI is InChI=1S/C18H13ClN4O3S2/c19-15-5-6-17(27-15)28(24,25)23-14-4-2-1-3-13(14)11-16-21-18(22-26-16)12-7-9-20-10-8-12/h1-10,23H,11H2. The first-order valence-electron chi connectivity index (χ1n) is 8.10. The van der Waals surface area contributed by atoms with E-state index in [0.717, 1.165) is 16.9 Å². The number of nitrogens with zero attached hydrogens (tertiary/aromatic N) is 3. The molecule has 142 valence electrons. The van der Waals surface area contributed by atoms with E-state index in [1.807, 2.05) is 6.07 Å². The Morgan fingerprint density at radius 3 is 2.61 bits per heavy atom. The Morgan fingerprint density at radius 2 is 1.86 bits per heavy atom. The summed E-state index contributed by atoms with van der Waals surface area (Å²) in [6.07, 6.45) is 3.57. The van der Waals surface area contributed by atoms with Gasteiger partial charge in [-0.3, -0.25) is 9.71 Å². The fourth-order valence-corrected chi connectivity index (χ4v) is 5.10. The van der Waals surface area contributed by atoms with Crippen LogP contribution >= 0.6 is 22.9 Å². The summed E-state index contributed by atoms with van der Waals surface area (Å²) < 4.78 is 33.7. The van der Waals surface area contributed by atoms with Gasteiger partial charge >= 0.3 is 0 Å². The van der Waals surface area contributed by atoms with E-state index in [0.29, 0.717) is 27.3 Å². The molecule has 0 radical (unpaired) electrons. The third kappa shape index (κ3) is 4.06. The zero-order chi connectivity index (χ0) is 19.6. The highest BCUT2D eigenvalue weighted by Gasteiger charge is 2.19. The van der Waals surface area contributed by atoms with Crippen molar-refractivity contribution >= 4 is 38.6 Å². The van der Waals surface area contributed by atoms with E-state index >= 15 is 0 Å². The fourth-order valence-electron chi connectivity index (χ4n) is 2.52. The molecule has 3 heterocycles. The second-order valence-corrected chi connectivity index (χ2v) is 9.37. The van der Waals surface area contributed by atoms with Gasteiger partial charge in [-0.2, -0.15) is 4.98 Å². The first kappa shape index (κ1) is 18.6. The Kier molecular flexibility index (Phi) is 5.12. The minimum absolute atomic E-state index is 0.144. The first-order valence-corrected chi connectivity index (χ1v) is 10.8. The summed E-state index contributed by atoms with van der Waals surface area (Å²) in [5.41, 5.74) is 1.93. The lowest BCUT2D eigenvalue weighted by molar-refractivity contribution is 0.386. The molecule has 1 aromatic carbocycles. The summed E-state index contributed by atoms with van der Waals surface area (Å²) in [7, 11) is -3.73. The molecule has 7 nitrogen and oxygen atoms in total. The first-order chi connectivity index (χ1) is 13.5. The van der Waals surface area contributed by atoms with Gasteiger partial charge in [-0.15, -0.1) is 11.3 Å². The molecule has 0 bridgehead atoms. The molecule has 4 rings (SSSR count). The van der Waals surface area contributed by atoms with Gasteiger partial charge in [-0.05, 0) is 35.9 Å². The number of hydrogen-bond acceptors (Lipinski definition) is 7. The van der Waals surface area contributed by atoms with Crippen LogP contribution in [0.5, 0.6) is 0 Å². The van der Waals surface area contributed by atoms with Gasteiger partial charge in [0, 0.05) is 18.0 Å². The SMILES string of the molecule is O=S(=O)(Nc1ccccc1Cc1nc(-c2ccncc2)no1)c1ccc(Cl)s1. The Labute approximate surface area is 170 Å². The van der Waals surface area contributed by atoms with Crippen molar-refractivity contribution < 1.29 is 12.9 Å². The van der Waals surface area contributed by atoms with Crippen LogP contribution in [0.4, 0.5) is 5.69 Å². The second-order valence-electron chi connectivity index (χ2n) is 5.75. The number of anilines is 1. The second kappa shape index (κ2) is 7.70. The van der Waals surface area contributed by atoms with Crippen LogP contribution in [0.2, 0.25) is 4.34 Å². The van der Waals surface area contributed by atoms with Crippen LogP contribution in [0.1, 0.15) is 11.5 Å². The number of pyridine rings is 1. The lowest BCUT2D eigenvalue weighted by Gasteiger charge is -2.10. The Bertz CT molecular complexity index is 1210. The average Bonchev–Trinajstić information content (AvgIpc) is 3.33. The molecule has 0 spiro atoms. The molecule has 0 aliphatic carbocycles. The fraction of sp³-hybridized carbons (Fsp3) is 0.0556. The Balaban J connectivity index is 1.58. The molecule has 0 amide bonds. The summed E-state index contributed by atoms with van der Waals surface area (Å²) in [4.78, 5) is 8.34. The zero-order valence-corrected chi connectivity index (χ0v) is 16.6. The van der Waals surface area contributed by atoms with E-state index in [2.05, 4.69) is 19.8 Å². The van der Waals surface area contributed by atoms with E-state index in [1.54, 1.807) is 48.8 Å². The van der Waals surface area contributed by atoms with Gasteiger partial charge < -0.3 is 4.52 Å². The van der Waals surface area contributed by atoms with E-state index in [4.69, 9.17) is 16.1 Å². The van der Waals surface area contributed by atoms with Crippen molar-refractivity contribution in [2.75, 3.05) is 4.72 Å². The molecule has 0 atom stereocenters. The van der Waals surface area contributed by atoms with Gasteiger partial charge in [0.15, 0.2) is 0 Å². The predicted octanol–water partition coefficient (Wildman–Crippen LogP) is 4.24. The van der Waals surface area contributed by atoms with Crippen molar-refractivity contribution in [2.24, 2.45) is 0 Å². The van der Waals surface area contributed by atoms with Crippen molar-refractivity contribution in [3.8, 4) is 11.4 Å². The van der Waals surface area contributed by atoms with Gasteiger partial charge in [0.05, 0.1) is 16.4 Å². The summed E-state index contributed by atoms with van der Waals surface area (Å²) in [6, 6.07) is 13.6. The number of halogens is 1. The van der Waals surface area contributed by atoms with Gasteiger partial charge in [0.1, 0.15) is 4.21 Å². The van der Waals surface area contributed by atoms with Crippen molar-refractivity contribution in [2.45, 2.75) is 10.6 Å². The van der Waals surface area contributed by atoms with Crippen molar-refractivity contribution in [1.82, 2.24) is 15.1 Å². The number of aromatic nitrogens is 3. The molecule has 0 fully saturated rings. The zero-order valence-electron chi connectivity index (χ0n) is 14.2. The topological polar surface area (TPSA) is 98.0 Å². The lowest BCUT2D eigenvalue weighted by Crippen LogP contribution is -2.13. The molecule has 1 N–H and O–H groups in total. The van der Waals surface area contributed by atoms with E-state index in [9.17, 15) is 8.42 Å². The highest BCUT2D eigenvalue weighted by Crippen LogP contribution is 2.29. The van der Waals surface area contributed by atoms with Crippen LogP contribution in [-0.4, -0.2) is 23.5 Å². The average molecular weight is 433 g/mol. The maximum Gasteiger partial charge on any atom is 0.271 e. The quantitative estimate of drug-likeness (QED) is 0.489. The minimum atomic E-state index is -3.73. The number of thiophene rings is 1. The Morgan fingerprint density at radius 1 is 1.07 bits per heavy atom. The Hall–Kier alpha value is -2.75. The number of para-hydroxylation sites is 1. The summed E-state index contributed by atoms with van der Waals surface area (Å²) >= 11 is 6.85. The van der Waals surface area contributed by atoms with E-state index in [-0.39, 0.29) is 10.6 Å². The number of sulfonamides is 1. The van der Waals surface area contributed by atoms with Crippen LogP contribution in [-0.2, 0) is 16.4 Å². The molecule has 28 heavy (non-hydrogen) atoms. The van der Waals surface area contributed by atoms with Crippen LogP contribution < -0.4 is 4.72 Å². The number of nitrogens with one attached hydrogen (secondary N) is 1. The molecule has 0 saturated carbocycles. The van der Waals surface area contributed by atoms with Crippen LogP contribution in [0.15, 0.2) is 69.7 Å². The largest absolute Gasteiger partial charge is 0.339 e. The van der Waals surface area contributed by atoms with Crippen molar-refractivity contribution in [3.63, 3.8) is 0 Å². The molecule has 10 heteroatoms. The van der Waals surface area contributed by atoms with Gasteiger partial charge in [-0.25, -0.2) is 8.42 Å². The smallest absolute Gasteiger partial charge is 0.271 e. The highest BCUT2D eigenvalue weighted by atomic mass is 35.5. The molecule has 4 aromatic rings. The number of hydrogen-bond donors (Lipinski definition) is 1. The van der Waals surface area contributed by atoms with Crippen LogP contribution in [0.25, 0.3) is 11.4 Å². The number of rotatable bonds is 6. The monoisotopic (exact) mass is 432 g/mol. The summed E-state index contributed by atoms with van der Waals surface area (Å²) in [6.45, 7) is 0. The molecule has 0 aliphatic rings. The van der Waals surface area contributed by atoms with Crippen molar-refractivity contribution in [1.29, 1.82) is 0 Å². The molecule has 0 aliphatic heterocycles. The number of benzene rings is 1. The summed E-state index contributed by atoms with van der Waals surface area (Å²) in [5.74, 6) is 0.821. The molecule has 3 aromatic heterocycles. The van der Waals surface area contributed by atoms with E-state index < -0.39 is 10.0 Å². The van der Waals surface area contributed by atoms with Gasteiger partial charge in [0.25, 0.3) is 10.0 Å². The third-order valence-corrected chi connectivity index (χ3v) is 6.91. The maximum atomic E-state index is 12.6. The molecular weight excluding hydrogens is 420 g/mol. The molecule has 0 unspecified atom stereocenters. The molecule has 0 saturated heterocycles. The lowest BCUT2D eigenvalue weighted by atomic mass is 10.1. The predicted molar refractivity (Wildman–Crippen MR) is 107 cm³/mol. The third-order valence-electron chi connectivity index (χ3n) is 3.82. The normalized spacial score (nSPS) is 11.5. The maximum absolute atomic E-state index is 12.6. The van der Waals surface area contributed by atoms with Crippen LogP contribution in [0.3, 0.4) is 0 Å². The minimum Gasteiger partial charge on any atom is -0.339 e. The van der Waals surface area contributed by atoms with Crippen LogP contribution in [0, 0.1) is 0 Å². The van der Waals surface area contributed by atoms with Gasteiger partial charge in [0.2, 0.25) is 11.7 Å². The highest BCUT2D eigenvalue weighted by molar-refractivity contribution is 7.94. The van der Waals surface area contributed by atoms with Gasteiger partial charge in [-0.1, -0.05) is 35.0 Å². The molecular formula is C18H13ClN4O3S2.